The van der Waals surface area contributed by atoms with Crippen molar-refractivity contribution in [1.82, 2.24) is 15.5 Å². The topological polar surface area (TPSA) is 134 Å². The van der Waals surface area contributed by atoms with E-state index in [1.54, 1.807) is 39.8 Å². The van der Waals surface area contributed by atoms with Gasteiger partial charge in [-0.15, -0.1) is 0 Å². The standard InChI is InChI=1S/C25H39N3O7/c1-7-8-9-10-13-28(20(30)15-27-24(33)35-25(3,4)5)22(23(32)26-16-21(31)34-6)18-11-12-19(29)17(2)14-18/h11-12,14,22,29H,7-10,13,15-16H2,1-6H3,(H,26,32)(H,27,33). The quantitative estimate of drug-likeness (QED) is 0.301. The van der Waals surface area contributed by atoms with Crippen LogP contribution in [-0.2, 0) is 23.9 Å². The summed E-state index contributed by atoms with van der Waals surface area (Å²) in [6, 6.07) is 3.53. The number of methoxy groups -OCH3 is 1. The molecular formula is C25H39N3O7. The van der Waals surface area contributed by atoms with Crippen molar-refractivity contribution in [3.63, 3.8) is 0 Å². The number of amides is 3. The Labute approximate surface area is 207 Å². The first-order chi connectivity index (χ1) is 16.4. The second-order valence-corrected chi connectivity index (χ2v) is 9.25. The number of carbonyl (C=O) groups excluding carboxylic acids is 4. The van der Waals surface area contributed by atoms with E-state index in [0.29, 0.717) is 17.5 Å². The fraction of sp³-hybridized carbons (Fsp3) is 0.600. The van der Waals surface area contributed by atoms with Crippen molar-refractivity contribution in [2.75, 3.05) is 26.7 Å². The number of benzene rings is 1. The second kappa shape index (κ2) is 14.2. The Morgan fingerprint density at radius 2 is 1.74 bits per heavy atom. The first kappa shape index (κ1) is 29.7. The van der Waals surface area contributed by atoms with Crippen LogP contribution in [0.3, 0.4) is 0 Å². The summed E-state index contributed by atoms with van der Waals surface area (Å²) in [6.07, 6.45) is 2.71. The molecule has 0 radical (unpaired) electrons. The molecule has 0 aliphatic carbocycles. The largest absolute Gasteiger partial charge is 0.508 e. The Bertz CT molecular complexity index is 880. The van der Waals surface area contributed by atoms with E-state index in [1.807, 2.05) is 0 Å². The number of hydrogen-bond acceptors (Lipinski definition) is 7. The molecule has 0 aliphatic heterocycles. The van der Waals surface area contributed by atoms with Crippen LogP contribution in [-0.4, -0.2) is 66.2 Å². The van der Waals surface area contributed by atoms with Crippen LogP contribution in [0.4, 0.5) is 4.79 Å². The van der Waals surface area contributed by atoms with E-state index in [9.17, 15) is 24.3 Å². The van der Waals surface area contributed by atoms with E-state index in [0.717, 1.165) is 19.3 Å². The number of rotatable bonds is 12. The SMILES string of the molecule is CCCCCCN(C(=O)CNC(=O)OC(C)(C)C)C(C(=O)NCC(=O)OC)c1ccc(O)c(C)c1. The minimum atomic E-state index is -1.09. The van der Waals surface area contributed by atoms with Gasteiger partial charge in [-0.3, -0.25) is 14.4 Å². The zero-order valence-corrected chi connectivity index (χ0v) is 21.6. The van der Waals surface area contributed by atoms with Crippen LogP contribution in [0.5, 0.6) is 5.75 Å². The molecule has 1 atom stereocenters. The summed E-state index contributed by atoms with van der Waals surface area (Å²) in [5.41, 5.74) is 0.259. The molecule has 0 saturated carbocycles. The van der Waals surface area contributed by atoms with Crippen LogP contribution in [0.1, 0.15) is 70.5 Å². The summed E-state index contributed by atoms with van der Waals surface area (Å²) in [4.78, 5) is 51.6. The first-order valence-corrected chi connectivity index (χ1v) is 11.8. The van der Waals surface area contributed by atoms with E-state index in [1.165, 1.54) is 18.1 Å². The highest BCUT2D eigenvalue weighted by molar-refractivity contribution is 5.92. The molecule has 1 unspecified atom stereocenters. The molecule has 0 fully saturated rings. The predicted molar refractivity (Wildman–Crippen MR) is 131 cm³/mol. The van der Waals surface area contributed by atoms with Crippen LogP contribution in [0, 0.1) is 6.92 Å². The summed E-state index contributed by atoms with van der Waals surface area (Å²) < 4.78 is 9.80. The summed E-state index contributed by atoms with van der Waals surface area (Å²) in [5.74, 6) is -1.65. The third kappa shape index (κ3) is 10.7. The minimum absolute atomic E-state index is 0.0508. The van der Waals surface area contributed by atoms with Gasteiger partial charge in [0.1, 0.15) is 30.5 Å². The van der Waals surface area contributed by atoms with Crippen molar-refractivity contribution in [3.05, 3.63) is 29.3 Å². The molecule has 10 heteroatoms. The Kier molecular flexibility index (Phi) is 12.0. The van der Waals surface area contributed by atoms with Crippen molar-refractivity contribution in [1.29, 1.82) is 0 Å². The number of phenols is 1. The normalized spacial score (nSPS) is 11.8. The monoisotopic (exact) mass is 493 g/mol. The highest BCUT2D eigenvalue weighted by Crippen LogP contribution is 2.27. The smallest absolute Gasteiger partial charge is 0.408 e. The van der Waals surface area contributed by atoms with Gasteiger partial charge in [-0.1, -0.05) is 32.3 Å². The summed E-state index contributed by atoms with van der Waals surface area (Å²) in [5, 5.41) is 14.9. The summed E-state index contributed by atoms with van der Waals surface area (Å²) in [6.45, 7) is 8.40. The van der Waals surface area contributed by atoms with Gasteiger partial charge in [0.2, 0.25) is 11.8 Å². The van der Waals surface area contributed by atoms with Gasteiger partial charge >= 0.3 is 12.1 Å². The third-order valence-electron chi connectivity index (χ3n) is 5.09. The van der Waals surface area contributed by atoms with Crippen LogP contribution in [0.25, 0.3) is 0 Å². The van der Waals surface area contributed by atoms with Crippen molar-refractivity contribution < 1.29 is 33.8 Å². The number of hydrogen-bond donors (Lipinski definition) is 3. The van der Waals surface area contributed by atoms with Crippen LogP contribution >= 0.6 is 0 Å². The van der Waals surface area contributed by atoms with E-state index >= 15 is 0 Å². The highest BCUT2D eigenvalue weighted by atomic mass is 16.6. The van der Waals surface area contributed by atoms with Crippen molar-refractivity contribution in [2.24, 2.45) is 0 Å². The molecule has 196 valence electrons. The zero-order chi connectivity index (χ0) is 26.6. The van der Waals surface area contributed by atoms with Crippen LogP contribution < -0.4 is 10.6 Å². The molecule has 3 N–H and O–H groups in total. The molecule has 1 aromatic carbocycles. The molecule has 10 nitrogen and oxygen atoms in total. The molecule has 0 aromatic heterocycles. The van der Waals surface area contributed by atoms with Crippen LogP contribution in [0.2, 0.25) is 0 Å². The van der Waals surface area contributed by atoms with Gasteiger partial charge in [0.05, 0.1) is 7.11 Å². The number of alkyl carbamates (subject to hydrolysis) is 1. The lowest BCUT2D eigenvalue weighted by molar-refractivity contribution is -0.143. The number of phenolic OH excluding ortho intramolecular Hbond substituents is 1. The fourth-order valence-electron chi connectivity index (χ4n) is 3.32. The Morgan fingerprint density at radius 3 is 2.31 bits per heavy atom. The van der Waals surface area contributed by atoms with E-state index in [4.69, 9.17) is 4.74 Å². The molecule has 35 heavy (non-hydrogen) atoms. The second-order valence-electron chi connectivity index (χ2n) is 9.25. The molecule has 0 saturated heterocycles. The van der Waals surface area contributed by atoms with Crippen molar-refractivity contribution >= 4 is 23.9 Å². The van der Waals surface area contributed by atoms with Gasteiger partial charge in [-0.25, -0.2) is 4.79 Å². The van der Waals surface area contributed by atoms with Gasteiger partial charge in [0, 0.05) is 6.54 Å². The van der Waals surface area contributed by atoms with E-state index < -0.39 is 35.5 Å². The molecular weight excluding hydrogens is 454 g/mol. The number of ether oxygens (including phenoxy) is 2. The molecule has 0 spiro atoms. The lowest BCUT2D eigenvalue weighted by Gasteiger charge is -2.32. The average molecular weight is 494 g/mol. The number of esters is 1. The van der Waals surface area contributed by atoms with Crippen molar-refractivity contribution in [2.45, 2.75) is 71.9 Å². The maximum absolute atomic E-state index is 13.3. The molecule has 0 aliphatic rings. The maximum Gasteiger partial charge on any atom is 0.408 e. The number of carbonyl (C=O) groups is 4. The average Bonchev–Trinajstić information content (AvgIpc) is 2.78. The van der Waals surface area contributed by atoms with Gasteiger partial charge < -0.3 is 30.1 Å². The number of unbranched alkanes of at least 4 members (excludes halogenated alkanes) is 3. The van der Waals surface area contributed by atoms with E-state index in [2.05, 4.69) is 22.3 Å². The van der Waals surface area contributed by atoms with Gasteiger partial charge in [-0.2, -0.15) is 0 Å². The van der Waals surface area contributed by atoms with Gasteiger partial charge in [0.15, 0.2) is 0 Å². The number of aromatic hydroxyl groups is 1. The molecule has 0 heterocycles. The summed E-state index contributed by atoms with van der Waals surface area (Å²) in [7, 11) is 1.21. The number of nitrogens with zero attached hydrogens (tertiary/aromatic N) is 1. The lowest BCUT2D eigenvalue weighted by Crippen LogP contribution is -2.48. The third-order valence-corrected chi connectivity index (χ3v) is 5.09. The zero-order valence-electron chi connectivity index (χ0n) is 21.6. The molecule has 1 aromatic rings. The molecule has 0 bridgehead atoms. The molecule has 3 amide bonds. The minimum Gasteiger partial charge on any atom is -0.508 e. The predicted octanol–water partition coefficient (Wildman–Crippen LogP) is 2.96. The Balaban J connectivity index is 3.25. The van der Waals surface area contributed by atoms with Gasteiger partial charge in [0.25, 0.3) is 0 Å². The summed E-state index contributed by atoms with van der Waals surface area (Å²) >= 11 is 0. The van der Waals surface area contributed by atoms with Crippen molar-refractivity contribution in [3.8, 4) is 5.75 Å². The lowest BCUT2D eigenvalue weighted by atomic mass is 10.0. The van der Waals surface area contributed by atoms with E-state index in [-0.39, 0.29) is 25.4 Å². The molecule has 1 rings (SSSR count). The first-order valence-electron chi connectivity index (χ1n) is 11.8. The van der Waals surface area contributed by atoms with Gasteiger partial charge in [-0.05, 0) is 57.4 Å². The number of aryl methyl sites for hydroxylation is 1. The highest BCUT2D eigenvalue weighted by Gasteiger charge is 2.32. The number of nitrogens with one attached hydrogen (secondary N) is 2. The maximum atomic E-state index is 13.3. The van der Waals surface area contributed by atoms with Crippen LogP contribution in [0.15, 0.2) is 18.2 Å². The Morgan fingerprint density at radius 1 is 1.06 bits per heavy atom. The Hall–Kier alpha value is -3.30. The fourth-order valence-corrected chi connectivity index (χ4v) is 3.32.